The van der Waals surface area contributed by atoms with Crippen LogP contribution >= 0.6 is 27.3 Å². The lowest BCUT2D eigenvalue weighted by Crippen LogP contribution is -1.88. The minimum absolute atomic E-state index is 0.630. The summed E-state index contributed by atoms with van der Waals surface area (Å²) < 4.78 is 6.45. The highest BCUT2D eigenvalue weighted by Crippen LogP contribution is 2.29. The summed E-state index contributed by atoms with van der Waals surface area (Å²) in [5.74, 6) is 0.691. The van der Waals surface area contributed by atoms with Crippen molar-refractivity contribution in [1.82, 2.24) is 4.98 Å². The van der Waals surface area contributed by atoms with Gasteiger partial charge in [0.2, 0.25) is 0 Å². The number of aromatic nitrogens is 1. The summed E-state index contributed by atoms with van der Waals surface area (Å²) in [7, 11) is 0. The second-order valence-electron chi connectivity index (χ2n) is 3.08. The van der Waals surface area contributed by atoms with Gasteiger partial charge in [0.15, 0.2) is 0 Å². The Labute approximate surface area is 100 Å². The van der Waals surface area contributed by atoms with E-state index in [0.29, 0.717) is 16.6 Å². The van der Waals surface area contributed by atoms with Crippen molar-refractivity contribution in [1.29, 1.82) is 0 Å². The van der Waals surface area contributed by atoms with E-state index in [-0.39, 0.29) is 0 Å². The van der Waals surface area contributed by atoms with E-state index in [2.05, 4.69) is 20.9 Å². The highest BCUT2D eigenvalue weighted by atomic mass is 79.9. The number of nitrogens with two attached hydrogens (primary N) is 1. The maximum absolute atomic E-state index is 5.69. The van der Waals surface area contributed by atoms with Crippen molar-refractivity contribution in [2.45, 2.75) is 6.92 Å². The summed E-state index contributed by atoms with van der Waals surface area (Å²) in [4.78, 5) is 4.21. The molecule has 1 aromatic heterocycles. The third-order valence-corrected chi connectivity index (χ3v) is 2.99. The molecule has 0 aliphatic carbocycles. The molecule has 2 rings (SSSR count). The van der Waals surface area contributed by atoms with Gasteiger partial charge in [0.05, 0.1) is 5.69 Å². The molecule has 0 spiro atoms. The number of ether oxygens (including phenoxy) is 1. The monoisotopic (exact) mass is 284 g/mol. The van der Waals surface area contributed by atoms with Gasteiger partial charge in [0.1, 0.15) is 5.75 Å². The van der Waals surface area contributed by atoms with E-state index in [1.165, 1.54) is 11.3 Å². The van der Waals surface area contributed by atoms with E-state index >= 15 is 0 Å². The molecular formula is C10H9BrN2OS. The predicted molar refractivity (Wildman–Crippen MR) is 65.5 cm³/mol. The number of benzene rings is 1. The van der Waals surface area contributed by atoms with Gasteiger partial charge in [-0.15, -0.1) is 0 Å². The van der Waals surface area contributed by atoms with Gasteiger partial charge in [-0.05, 0) is 19.1 Å². The zero-order valence-corrected chi connectivity index (χ0v) is 10.4. The van der Waals surface area contributed by atoms with Gasteiger partial charge in [-0.3, -0.25) is 0 Å². The number of thiazole rings is 1. The molecule has 78 valence electrons. The number of halogens is 1. The number of anilines is 1. The molecular weight excluding hydrogens is 276 g/mol. The number of rotatable bonds is 2. The molecule has 0 fully saturated rings. The van der Waals surface area contributed by atoms with Crippen LogP contribution < -0.4 is 10.5 Å². The van der Waals surface area contributed by atoms with Crippen LogP contribution in [0.1, 0.15) is 5.69 Å². The summed E-state index contributed by atoms with van der Waals surface area (Å²) >= 11 is 4.82. The molecule has 0 atom stereocenters. The molecule has 0 unspecified atom stereocenters. The van der Waals surface area contributed by atoms with Crippen LogP contribution in [0.25, 0.3) is 0 Å². The fourth-order valence-corrected chi connectivity index (χ4v) is 2.28. The summed E-state index contributed by atoms with van der Waals surface area (Å²) in [5, 5.41) is 2.57. The maximum atomic E-state index is 5.69. The Kier molecular flexibility index (Phi) is 2.93. The minimum Gasteiger partial charge on any atom is -0.431 e. The number of nitrogen functional groups attached to an aromatic ring is 1. The molecule has 0 aliphatic heterocycles. The molecule has 2 N–H and O–H groups in total. The van der Waals surface area contributed by atoms with E-state index in [9.17, 15) is 0 Å². The smallest absolute Gasteiger partial charge is 0.278 e. The van der Waals surface area contributed by atoms with E-state index in [4.69, 9.17) is 10.5 Å². The van der Waals surface area contributed by atoms with Crippen LogP contribution in [0.2, 0.25) is 0 Å². The average Bonchev–Trinajstić information content (AvgIpc) is 2.49. The number of aryl methyl sites for hydroxylation is 1. The molecule has 1 aromatic carbocycles. The Hall–Kier alpha value is -1.07. The second-order valence-corrected chi connectivity index (χ2v) is 4.81. The van der Waals surface area contributed by atoms with Crippen molar-refractivity contribution < 1.29 is 4.74 Å². The molecule has 15 heavy (non-hydrogen) atoms. The topological polar surface area (TPSA) is 48.1 Å². The molecule has 0 aliphatic rings. The molecule has 0 radical (unpaired) electrons. The van der Waals surface area contributed by atoms with Crippen molar-refractivity contribution in [3.8, 4) is 10.9 Å². The molecule has 0 saturated heterocycles. The van der Waals surface area contributed by atoms with E-state index in [1.807, 2.05) is 24.4 Å². The predicted octanol–water partition coefficient (Wildman–Crippen LogP) is 3.59. The maximum Gasteiger partial charge on any atom is 0.278 e. The first-order chi connectivity index (χ1) is 7.13. The largest absolute Gasteiger partial charge is 0.431 e. The van der Waals surface area contributed by atoms with Crippen LogP contribution in [0.4, 0.5) is 5.69 Å². The van der Waals surface area contributed by atoms with Gasteiger partial charge in [0, 0.05) is 21.6 Å². The molecule has 3 nitrogen and oxygen atoms in total. The van der Waals surface area contributed by atoms with E-state index in [1.54, 1.807) is 6.07 Å². The first-order valence-electron chi connectivity index (χ1n) is 4.29. The van der Waals surface area contributed by atoms with Gasteiger partial charge in [-0.25, -0.2) is 4.98 Å². The van der Waals surface area contributed by atoms with Crippen LogP contribution in [0.15, 0.2) is 28.1 Å². The Morgan fingerprint density at radius 1 is 1.40 bits per heavy atom. The number of hydrogen-bond donors (Lipinski definition) is 1. The molecule has 0 bridgehead atoms. The zero-order chi connectivity index (χ0) is 10.8. The summed E-state index contributed by atoms with van der Waals surface area (Å²) in [6, 6.07) is 5.44. The van der Waals surface area contributed by atoms with Crippen molar-refractivity contribution in [3.05, 3.63) is 33.7 Å². The summed E-state index contributed by atoms with van der Waals surface area (Å²) in [6.45, 7) is 1.93. The third kappa shape index (κ3) is 2.70. The van der Waals surface area contributed by atoms with Crippen LogP contribution in [0.3, 0.4) is 0 Å². The lowest BCUT2D eigenvalue weighted by Gasteiger charge is -2.03. The highest BCUT2D eigenvalue weighted by molar-refractivity contribution is 9.10. The average molecular weight is 285 g/mol. The van der Waals surface area contributed by atoms with E-state index < -0.39 is 0 Å². The quantitative estimate of drug-likeness (QED) is 0.858. The minimum atomic E-state index is 0.630. The van der Waals surface area contributed by atoms with Crippen LogP contribution in [-0.2, 0) is 0 Å². The van der Waals surface area contributed by atoms with Gasteiger partial charge in [-0.2, -0.15) is 0 Å². The summed E-state index contributed by atoms with van der Waals surface area (Å²) in [6.07, 6.45) is 0. The van der Waals surface area contributed by atoms with E-state index in [0.717, 1.165) is 10.2 Å². The fraction of sp³-hybridized carbons (Fsp3) is 0.100. The SMILES string of the molecule is Cc1csc(Oc2cc(N)cc(Br)c2)n1. The first-order valence-corrected chi connectivity index (χ1v) is 5.97. The van der Waals surface area contributed by atoms with Gasteiger partial charge >= 0.3 is 0 Å². The third-order valence-electron chi connectivity index (χ3n) is 1.70. The van der Waals surface area contributed by atoms with Crippen LogP contribution in [-0.4, -0.2) is 4.98 Å². The first kappa shape index (κ1) is 10.4. The molecule has 0 amide bonds. The summed E-state index contributed by atoms with van der Waals surface area (Å²) in [5.41, 5.74) is 7.31. The molecule has 1 heterocycles. The normalized spacial score (nSPS) is 10.3. The lowest BCUT2D eigenvalue weighted by atomic mass is 10.3. The Bertz CT molecular complexity index is 464. The molecule has 5 heteroatoms. The van der Waals surface area contributed by atoms with Crippen LogP contribution in [0.5, 0.6) is 10.9 Å². The van der Waals surface area contributed by atoms with Gasteiger partial charge < -0.3 is 10.5 Å². The lowest BCUT2D eigenvalue weighted by molar-refractivity contribution is 0.478. The Morgan fingerprint density at radius 3 is 2.80 bits per heavy atom. The fourth-order valence-electron chi connectivity index (χ4n) is 1.12. The van der Waals surface area contributed by atoms with Crippen molar-refractivity contribution in [2.24, 2.45) is 0 Å². The molecule has 2 aromatic rings. The number of nitrogens with zero attached hydrogens (tertiary/aromatic N) is 1. The van der Waals surface area contributed by atoms with Crippen molar-refractivity contribution in [2.75, 3.05) is 5.73 Å². The van der Waals surface area contributed by atoms with Crippen molar-refractivity contribution >= 4 is 33.0 Å². The number of hydrogen-bond acceptors (Lipinski definition) is 4. The Morgan fingerprint density at radius 2 is 2.20 bits per heavy atom. The molecule has 0 saturated carbocycles. The Balaban J connectivity index is 2.24. The van der Waals surface area contributed by atoms with Crippen LogP contribution in [0, 0.1) is 6.92 Å². The van der Waals surface area contributed by atoms with Crippen molar-refractivity contribution in [3.63, 3.8) is 0 Å². The van der Waals surface area contributed by atoms with Gasteiger partial charge in [0.25, 0.3) is 5.19 Å². The zero-order valence-electron chi connectivity index (χ0n) is 8.03. The second kappa shape index (κ2) is 4.20. The standard InChI is InChI=1S/C10H9BrN2OS/c1-6-5-15-10(13-6)14-9-3-7(11)2-8(12)4-9/h2-5H,12H2,1H3. The highest BCUT2D eigenvalue weighted by Gasteiger charge is 2.03. The van der Waals surface area contributed by atoms with Gasteiger partial charge in [-0.1, -0.05) is 27.3 Å².